The number of aromatic nitrogens is 1. The zero-order valence-corrected chi connectivity index (χ0v) is 13.1. The number of hydrogen-bond donors (Lipinski definition) is 0. The molecule has 0 bridgehead atoms. The van der Waals surface area contributed by atoms with Crippen molar-refractivity contribution in [3.05, 3.63) is 6.07 Å². The average Bonchev–Trinajstić information content (AvgIpc) is 3.05. The number of halogens is 1. The van der Waals surface area contributed by atoms with E-state index in [2.05, 4.69) is 4.37 Å². The van der Waals surface area contributed by atoms with Crippen LogP contribution in [0.15, 0.2) is 10.3 Å². The number of sulfonamides is 1. The van der Waals surface area contributed by atoms with Gasteiger partial charge in [0.15, 0.2) is 4.21 Å². The van der Waals surface area contributed by atoms with E-state index < -0.39 is 28.2 Å². The standard InChI is InChI=1S/C11H15FN2O5S2/c1-3-19-11(15)8-4-7(12)6-14(8)21(16,17)10-5-9(18-2)13-20-10/h5,7-8H,3-4,6H2,1-2H3/t7-,8-/m0/s1. The molecule has 1 aromatic heterocycles. The van der Waals surface area contributed by atoms with Gasteiger partial charge in [-0.25, -0.2) is 12.8 Å². The minimum absolute atomic E-state index is 0.0947. The van der Waals surface area contributed by atoms with Gasteiger partial charge in [-0.3, -0.25) is 4.79 Å². The third kappa shape index (κ3) is 3.16. The van der Waals surface area contributed by atoms with Crippen LogP contribution >= 0.6 is 11.5 Å². The van der Waals surface area contributed by atoms with Gasteiger partial charge in [-0.05, 0) is 18.5 Å². The summed E-state index contributed by atoms with van der Waals surface area (Å²) in [6.45, 7) is 1.34. The third-order valence-electron chi connectivity index (χ3n) is 3.00. The molecule has 2 rings (SSSR count). The quantitative estimate of drug-likeness (QED) is 0.739. The fraction of sp³-hybridized carbons (Fsp3) is 0.636. The fourth-order valence-electron chi connectivity index (χ4n) is 2.05. The lowest BCUT2D eigenvalue weighted by molar-refractivity contribution is -0.146. The topological polar surface area (TPSA) is 85.8 Å². The van der Waals surface area contributed by atoms with Crippen molar-refractivity contribution < 1.29 is 27.1 Å². The van der Waals surface area contributed by atoms with Crippen LogP contribution in [-0.4, -0.2) is 55.5 Å². The maximum atomic E-state index is 13.6. The van der Waals surface area contributed by atoms with Crippen LogP contribution in [0.4, 0.5) is 4.39 Å². The van der Waals surface area contributed by atoms with Crippen LogP contribution in [-0.2, 0) is 19.6 Å². The summed E-state index contributed by atoms with van der Waals surface area (Å²) in [4.78, 5) is 11.8. The average molecular weight is 338 g/mol. The predicted molar refractivity (Wildman–Crippen MR) is 72.5 cm³/mol. The van der Waals surface area contributed by atoms with Crippen LogP contribution in [0.5, 0.6) is 5.88 Å². The van der Waals surface area contributed by atoms with Crippen LogP contribution in [0.2, 0.25) is 0 Å². The van der Waals surface area contributed by atoms with Crippen molar-refractivity contribution in [1.82, 2.24) is 8.68 Å². The molecule has 1 saturated heterocycles. The third-order valence-corrected chi connectivity index (χ3v) is 6.07. The molecule has 21 heavy (non-hydrogen) atoms. The minimum Gasteiger partial charge on any atom is -0.480 e. The molecule has 1 aromatic rings. The van der Waals surface area contributed by atoms with Gasteiger partial charge in [0.25, 0.3) is 10.0 Å². The first-order valence-corrected chi connectivity index (χ1v) is 8.44. The Morgan fingerprint density at radius 1 is 1.62 bits per heavy atom. The highest BCUT2D eigenvalue weighted by molar-refractivity contribution is 7.91. The van der Waals surface area contributed by atoms with E-state index >= 15 is 0 Å². The monoisotopic (exact) mass is 338 g/mol. The second-order valence-electron chi connectivity index (χ2n) is 4.36. The molecular formula is C11H15FN2O5S2. The molecule has 0 aromatic carbocycles. The smallest absolute Gasteiger partial charge is 0.324 e. The Morgan fingerprint density at radius 3 is 2.90 bits per heavy atom. The summed E-state index contributed by atoms with van der Waals surface area (Å²) in [7, 11) is -2.64. The molecule has 0 saturated carbocycles. The summed E-state index contributed by atoms with van der Waals surface area (Å²) < 4.78 is 52.8. The number of methoxy groups -OCH3 is 1. The van der Waals surface area contributed by atoms with Crippen molar-refractivity contribution in [1.29, 1.82) is 0 Å². The summed E-state index contributed by atoms with van der Waals surface area (Å²) in [5.74, 6) is -0.583. The van der Waals surface area contributed by atoms with Gasteiger partial charge < -0.3 is 9.47 Å². The summed E-state index contributed by atoms with van der Waals surface area (Å²) in [6, 6.07) is 0.103. The maximum Gasteiger partial charge on any atom is 0.324 e. The molecule has 1 aliphatic rings. The number of ether oxygens (including phenoxy) is 2. The van der Waals surface area contributed by atoms with Gasteiger partial charge >= 0.3 is 5.97 Å². The Hall–Kier alpha value is -1.26. The highest BCUT2D eigenvalue weighted by Crippen LogP contribution is 2.31. The summed E-state index contributed by atoms with van der Waals surface area (Å²) in [6.07, 6.45) is -1.60. The zero-order valence-electron chi connectivity index (χ0n) is 11.5. The molecule has 7 nitrogen and oxygen atoms in total. The van der Waals surface area contributed by atoms with Crippen molar-refractivity contribution in [2.45, 2.75) is 29.8 Å². The van der Waals surface area contributed by atoms with Gasteiger partial charge in [-0.2, -0.15) is 8.68 Å². The van der Waals surface area contributed by atoms with Gasteiger partial charge in [0.1, 0.15) is 12.2 Å². The number of carbonyl (C=O) groups is 1. The van der Waals surface area contributed by atoms with E-state index in [1.165, 1.54) is 13.2 Å². The SMILES string of the molecule is CCOC(=O)[C@@H]1C[C@H](F)CN1S(=O)(=O)c1cc(OC)ns1. The number of rotatable bonds is 5. The molecule has 0 spiro atoms. The van der Waals surface area contributed by atoms with Crippen LogP contribution < -0.4 is 4.74 Å². The Kier molecular flexibility index (Phi) is 4.79. The van der Waals surface area contributed by atoms with Crippen molar-refractivity contribution in [2.75, 3.05) is 20.3 Å². The highest BCUT2D eigenvalue weighted by Gasteiger charge is 2.45. The Labute approximate surface area is 125 Å². The predicted octanol–water partition coefficient (Wildman–Crippen LogP) is 0.816. The molecule has 2 atom stereocenters. The van der Waals surface area contributed by atoms with E-state index in [9.17, 15) is 17.6 Å². The lowest BCUT2D eigenvalue weighted by Gasteiger charge is -2.20. The molecule has 0 N–H and O–H groups in total. The second-order valence-corrected chi connectivity index (χ2v) is 7.29. The molecule has 0 amide bonds. The largest absolute Gasteiger partial charge is 0.480 e. The van der Waals surface area contributed by atoms with Crippen LogP contribution in [0, 0.1) is 0 Å². The first kappa shape index (κ1) is 16.1. The number of alkyl halides is 1. The highest BCUT2D eigenvalue weighted by atomic mass is 32.2. The zero-order chi connectivity index (χ0) is 15.6. The lowest BCUT2D eigenvalue weighted by Crippen LogP contribution is -2.41. The molecule has 0 aliphatic carbocycles. The molecule has 118 valence electrons. The molecule has 1 aliphatic heterocycles. The maximum absolute atomic E-state index is 13.6. The minimum atomic E-state index is -4.00. The molecule has 0 radical (unpaired) electrons. The number of carbonyl (C=O) groups excluding carboxylic acids is 1. The van der Waals surface area contributed by atoms with E-state index in [1.807, 2.05) is 0 Å². The number of esters is 1. The van der Waals surface area contributed by atoms with Crippen molar-refractivity contribution in [2.24, 2.45) is 0 Å². The van der Waals surface area contributed by atoms with E-state index in [0.717, 1.165) is 15.8 Å². The number of nitrogens with zero attached hydrogens (tertiary/aromatic N) is 2. The lowest BCUT2D eigenvalue weighted by atomic mass is 10.2. The molecule has 1 fully saturated rings. The molecule has 0 unspecified atom stereocenters. The molecular weight excluding hydrogens is 323 g/mol. The van der Waals surface area contributed by atoms with Crippen LogP contribution in [0.1, 0.15) is 13.3 Å². The van der Waals surface area contributed by atoms with Gasteiger partial charge in [-0.15, -0.1) is 0 Å². The first-order chi connectivity index (χ1) is 9.90. The Bertz CT molecular complexity index is 618. The Balaban J connectivity index is 2.30. The van der Waals surface area contributed by atoms with Gasteiger partial charge in [-0.1, -0.05) is 0 Å². The van der Waals surface area contributed by atoms with Crippen LogP contribution in [0.25, 0.3) is 0 Å². The van der Waals surface area contributed by atoms with Gasteiger partial charge in [0.2, 0.25) is 5.88 Å². The normalized spacial score (nSPS) is 23.2. The Morgan fingerprint density at radius 2 is 2.33 bits per heavy atom. The van der Waals surface area contributed by atoms with E-state index in [4.69, 9.17) is 9.47 Å². The molecule has 2 heterocycles. The van der Waals surface area contributed by atoms with Crippen molar-refractivity contribution in [3.8, 4) is 5.88 Å². The summed E-state index contributed by atoms with van der Waals surface area (Å²) >= 11 is 0.717. The van der Waals surface area contributed by atoms with Crippen molar-refractivity contribution in [3.63, 3.8) is 0 Å². The van der Waals surface area contributed by atoms with Crippen LogP contribution in [0.3, 0.4) is 0 Å². The van der Waals surface area contributed by atoms with E-state index in [-0.39, 0.29) is 29.7 Å². The van der Waals surface area contributed by atoms with E-state index in [1.54, 1.807) is 6.92 Å². The van der Waals surface area contributed by atoms with Crippen molar-refractivity contribution >= 4 is 27.5 Å². The number of hydrogen-bond acceptors (Lipinski definition) is 7. The first-order valence-electron chi connectivity index (χ1n) is 6.23. The molecule has 10 heteroatoms. The fourth-order valence-corrected chi connectivity index (χ4v) is 4.63. The second kappa shape index (κ2) is 6.24. The summed E-state index contributed by atoms with van der Waals surface area (Å²) in [5.41, 5.74) is 0. The van der Waals surface area contributed by atoms with Gasteiger partial charge in [0.05, 0.1) is 13.7 Å². The van der Waals surface area contributed by atoms with E-state index in [0.29, 0.717) is 0 Å². The summed E-state index contributed by atoms with van der Waals surface area (Å²) in [5, 5.41) is 0. The van der Waals surface area contributed by atoms with Gasteiger partial charge in [0, 0.05) is 19.0 Å².